The lowest BCUT2D eigenvalue weighted by Crippen LogP contribution is -2.32. The van der Waals surface area contributed by atoms with Crippen LogP contribution in [-0.4, -0.2) is 37.0 Å². The molecule has 19 heavy (non-hydrogen) atoms. The zero-order valence-electron chi connectivity index (χ0n) is 10.5. The summed E-state index contributed by atoms with van der Waals surface area (Å²) in [5.41, 5.74) is 1.35. The number of ketones is 1. The molecule has 1 aliphatic rings. The van der Waals surface area contributed by atoms with Crippen LogP contribution in [-0.2, 0) is 4.74 Å². The smallest absolute Gasteiger partial charge is 0.191 e. The first-order valence-corrected chi connectivity index (χ1v) is 6.35. The van der Waals surface area contributed by atoms with Gasteiger partial charge in [-0.2, -0.15) is 0 Å². The Hall–Kier alpha value is -2.07. The number of carbonyl (C=O) groups excluding carboxylic acids is 1. The quantitative estimate of drug-likeness (QED) is 0.625. The third-order valence-corrected chi connectivity index (χ3v) is 3.23. The number of fused-ring (bicyclic) bond motifs is 1. The van der Waals surface area contributed by atoms with Crippen LogP contribution in [0, 0.1) is 0 Å². The molecule has 4 nitrogen and oxygen atoms in total. The van der Waals surface area contributed by atoms with Crippen molar-refractivity contribution in [3.05, 3.63) is 48.4 Å². The number of hydrogen-bond donors (Lipinski definition) is 0. The summed E-state index contributed by atoms with van der Waals surface area (Å²) in [4.78, 5) is 14.2. The average molecular weight is 257 g/mol. The molecule has 0 spiro atoms. The molecule has 4 heteroatoms. The van der Waals surface area contributed by atoms with E-state index in [4.69, 9.17) is 9.15 Å². The first-order chi connectivity index (χ1) is 9.34. The summed E-state index contributed by atoms with van der Waals surface area (Å²) in [5, 5.41) is 0.860. The molecular weight excluding hydrogens is 242 g/mol. The van der Waals surface area contributed by atoms with E-state index in [9.17, 15) is 4.79 Å². The van der Waals surface area contributed by atoms with Crippen LogP contribution >= 0.6 is 0 Å². The SMILES string of the molecule is O=C(C=CN1CCOCC1)c1coc2ccccc12. The number of nitrogens with zero attached hydrogens (tertiary/aromatic N) is 1. The highest BCUT2D eigenvalue weighted by atomic mass is 16.5. The Bertz CT molecular complexity index is 609. The van der Waals surface area contributed by atoms with Crippen molar-refractivity contribution < 1.29 is 13.9 Å². The van der Waals surface area contributed by atoms with Crippen molar-refractivity contribution in [1.82, 2.24) is 4.90 Å². The second-order valence-corrected chi connectivity index (χ2v) is 4.47. The zero-order valence-corrected chi connectivity index (χ0v) is 10.5. The predicted molar refractivity (Wildman–Crippen MR) is 72.1 cm³/mol. The number of hydrogen-bond acceptors (Lipinski definition) is 4. The number of benzene rings is 1. The number of carbonyl (C=O) groups is 1. The van der Waals surface area contributed by atoms with Gasteiger partial charge >= 0.3 is 0 Å². The van der Waals surface area contributed by atoms with E-state index < -0.39 is 0 Å². The lowest BCUT2D eigenvalue weighted by molar-refractivity contribution is 0.0591. The van der Waals surface area contributed by atoms with Gasteiger partial charge in [-0.15, -0.1) is 0 Å². The van der Waals surface area contributed by atoms with Gasteiger partial charge in [-0.1, -0.05) is 18.2 Å². The molecule has 0 N–H and O–H groups in total. The molecule has 98 valence electrons. The summed E-state index contributed by atoms with van der Waals surface area (Å²) >= 11 is 0. The van der Waals surface area contributed by atoms with E-state index in [0.717, 1.165) is 24.1 Å². The molecule has 0 amide bonds. The number of allylic oxidation sites excluding steroid dienone is 1. The second-order valence-electron chi connectivity index (χ2n) is 4.47. The standard InChI is InChI=1S/C15H15NO3/c17-14(5-6-16-7-9-18-10-8-16)13-11-19-15-4-2-1-3-12(13)15/h1-6,11H,7-10H2. The van der Waals surface area contributed by atoms with Gasteiger partial charge in [-0.3, -0.25) is 4.79 Å². The normalized spacial score (nSPS) is 16.3. The molecule has 0 bridgehead atoms. The predicted octanol–water partition coefficient (Wildman–Crippen LogP) is 2.46. The molecule has 0 saturated carbocycles. The maximum atomic E-state index is 12.2. The van der Waals surface area contributed by atoms with Gasteiger partial charge in [-0.05, 0) is 6.07 Å². The van der Waals surface area contributed by atoms with Gasteiger partial charge in [0.2, 0.25) is 0 Å². The molecule has 1 saturated heterocycles. The molecule has 1 fully saturated rings. The Morgan fingerprint density at radius 1 is 1.21 bits per heavy atom. The number of furan rings is 1. The van der Waals surface area contributed by atoms with Crippen molar-refractivity contribution in [2.75, 3.05) is 26.3 Å². The fourth-order valence-electron chi connectivity index (χ4n) is 2.16. The van der Waals surface area contributed by atoms with Crippen LogP contribution in [0.25, 0.3) is 11.0 Å². The highest BCUT2D eigenvalue weighted by Gasteiger charge is 2.11. The van der Waals surface area contributed by atoms with Crippen LogP contribution < -0.4 is 0 Å². The summed E-state index contributed by atoms with van der Waals surface area (Å²) in [5.74, 6) is -0.0311. The minimum Gasteiger partial charge on any atom is -0.464 e. The van der Waals surface area contributed by atoms with Crippen LogP contribution in [0.15, 0.2) is 47.2 Å². The van der Waals surface area contributed by atoms with Crippen LogP contribution in [0.5, 0.6) is 0 Å². The highest BCUT2D eigenvalue weighted by molar-refractivity contribution is 6.12. The molecule has 2 aromatic rings. The molecular formula is C15H15NO3. The first-order valence-electron chi connectivity index (χ1n) is 6.35. The van der Waals surface area contributed by atoms with E-state index in [1.165, 1.54) is 6.26 Å². The molecule has 3 rings (SSSR count). The molecule has 1 aromatic heterocycles. The fourth-order valence-corrected chi connectivity index (χ4v) is 2.16. The number of morpholine rings is 1. The molecule has 2 heterocycles. The van der Waals surface area contributed by atoms with E-state index in [0.29, 0.717) is 18.8 Å². The maximum Gasteiger partial charge on any atom is 0.191 e. The number of para-hydroxylation sites is 1. The molecule has 0 atom stereocenters. The van der Waals surface area contributed by atoms with Gasteiger partial charge < -0.3 is 14.1 Å². The summed E-state index contributed by atoms with van der Waals surface area (Å²) < 4.78 is 10.6. The Balaban J connectivity index is 1.78. The van der Waals surface area contributed by atoms with Crippen LogP contribution in [0.2, 0.25) is 0 Å². The minimum absolute atomic E-state index is 0.0311. The van der Waals surface area contributed by atoms with E-state index in [2.05, 4.69) is 4.90 Å². The van der Waals surface area contributed by atoms with Gasteiger partial charge in [0.15, 0.2) is 5.78 Å². The van der Waals surface area contributed by atoms with Crippen molar-refractivity contribution >= 4 is 16.8 Å². The molecule has 0 unspecified atom stereocenters. The lowest BCUT2D eigenvalue weighted by atomic mass is 10.1. The topological polar surface area (TPSA) is 42.7 Å². The summed E-state index contributed by atoms with van der Waals surface area (Å²) in [6, 6.07) is 7.55. The van der Waals surface area contributed by atoms with Gasteiger partial charge in [0.1, 0.15) is 11.8 Å². The summed E-state index contributed by atoms with van der Waals surface area (Å²) in [6.45, 7) is 3.09. The van der Waals surface area contributed by atoms with Crippen molar-refractivity contribution in [2.45, 2.75) is 0 Å². The summed E-state index contributed by atoms with van der Waals surface area (Å²) in [6.07, 6.45) is 4.96. The Morgan fingerprint density at radius 3 is 2.84 bits per heavy atom. The van der Waals surface area contributed by atoms with E-state index in [1.54, 1.807) is 6.08 Å². The Kier molecular flexibility index (Phi) is 3.33. The van der Waals surface area contributed by atoms with Gasteiger partial charge in [-0.25, -0.2) is 0 Å². The largest absolute Gasteiger partial charge is 0.464 e. The van der Waals surface area contributed by atoms with Crippen LogP contribution in [0.3, 0.4) is 0 Å². The van der Waals surface area contributed by atoms with Crippen LogP contribution in [0.4, 0.5) is 0 Å². The van der Waals surface area contributed by atoms with E-state index >= 15 is 0 Å². The van der Waals surface area contributed by atoms with Gasteiger partial charge in [0.05, 0.1) is 18.8 Å². The van der Waals surface area contributed by atoms with Crippen molar-refractivity contribution in [2.24, 2.45) is 0 Å². The second kappa shape index (κ2) is 5.28. The highest BCUT2D eigenvalue weighted by Crippen LogP contribution is 2.21. The lowest BCUT2D eigenvalue weighted by Gasteiger charge is -2.24. The van der Waals surface area contributed by atoms with Crippen molar-refractivity contribution in [3.8, 4) is 0 Å². The van der Waals surface area contributed by atoms with Crippen molar-refractivity contribution in [3.63, 3.8) is 0 Å². The third kappa shape index (κ3) is 2.53. The average Bonchev–Trinajstić information content (AvgIpc) is 2.90. The zero-order chi connectivity index (χ0) is 13.1. The van der Waals surface area contributed by atoms with E-state index in [1.807, 2.05) is 30.5 Å². The van der Waals surface area contributed by atoms with E-state index in [-0.39, 0.29) is 5.78 Å². The number of ether oxygens (including phenoxy) is 1. The van der Waals surface area contributed by atoms with Crippen molar-refractivity contribution in [1.29, 1.82) is 0 Å². The minimum atomic E-state index is -0.0311. The molecule has 1 aromatic carbocycles. The Morgan fingerprint density at radius 2 is 2.00 bits per heavy atom. The molecule has 0 aliphatic carbocycles. The Labute approximate surface area is 111 Å². The van der Waals surface area contributed by atoms with Gasteiger partial charge in [0, 0.05) is 30.8 Å². The van der Waals surface area contributed by atoms with Gasteiger partial charge in [0.25, 0.3) is 0 Å². The molecule has 1 aliphatic heterocycles. The maximum absolute atomic E-state index is 12.2. The number of rotatable bonds is 3. The summed E-state index contributed by atoms with van der Waals surface area (Å²) in [7, 11) is 0. The first kappa shape index (κ1) is 12.0. The fraction of sp³-hybridized carbons (Fsp3) is 0.267. The monoisotopic (exact) mass is 257 g/mol. The van der Waals surface area contributed by atoms with Crippen LogP contribution in [0.1, 0.15) is 10.4 Å². The molecule has 0 radical (unpaired) electrons. The third-order valence-electron chi connectivity index (χ3n) is 3.23.